The molecule has 5 nitrogen and oxygen atoms in total. The highest BCUT2D eigenvalue weighted by atomic mass is 32.2. The normalized spacial score (nSPS) is 16.3. The lowest BCUT2D eigenvalue weighted by molar-refractivity contribution is -0.140. The molecule has 2 heterocycles. The van der Waals surface area contributed by atoms with Crippen LogP contribution in [0.25, 0.3) is 0 Å². The maximum absolute atomic E-state index is 13.0. The highest BCUT2D eigenvalue weighted by Gasteiger charge is 2.41. The van der Waals surface area contributed by atoms with Gasteiger partial charge in [0.15, 0.2) is 0 Å². The average molecular weight is 386 g/mol. The smallest absolute Gasteiger partial charge is 0.421 e. The Labute approximate surface area is 149 Å². The largest absolute Gasteiger partial charge is 0.471 e. The van der Waals surface area contributed by atoms with Gasteiger partial charge in [0.1, 0.15) is 11.7 Å². The van der Waals surface area contributed by atoms with Crippen molar-refractivity contribution in [3.8, 4) is 5.88 Å². The van der Waals surface area contributed by atoms with Gasteiger partial charge in [-0.25, -0.2) is 13.4 Å². The summed E-state index contributed by atoms with van der Waals surface area (Å²) in [7, 11) is -3.70. The van der Waals surface area contributed by atoms with Gasteiger partial charge in [-0.2, -0.15) is 17.5 Å². The van der Waals surface area contributed by atoms with E-state index in [-0.39, 0.29) is 18.0 Å². The van der Waals surface area contributed by atoms with Crippen molar-refractivity contribution in [2.45, 2.75) is 31.0 Å². The Morgan fingerprint density at radius 2 is 1.88 bits per heavy atom. The third kappa shape index (κ3) is 3.54. The number of sulfonamides is 1. The van der Waals surface area contributed by atoms with Gasteiger partial charge in [0.25, 0.3) is 0 Å². The van der Waals surface area contributed by atoms with Gasteiger partial charge in [0, 0.05) is 6.20 Å². The third-order valence-corrected chi connectivity index (χ3v) is 6.11. The molecule has 0 radical (unpaired) electrons. The van der Waals surface area contributed by atoms with E-state index in [4.69, 9.17) is 4.74 Å². The molecule has 1 aliphatic rings. The molecule has 0 spiro atoms. The summed E-state index contributed by atoms with van der Waals surface area (Å²) in [5, 5.41) is 0. The molecule has 0 unspecified atom stereocenters. The van der Waals surface area contributed by atoms with Crippen LogP contribution in [0.1, 0.15) is 16.7 Å². The standard InChI is InChI=1S/C17H17F3N2O3S/c1-11-5-6-15(12(2)8-11)26(23,24)22-9-13(10-22)25-16-14(17(18,19)20)4-3-7-21-16/h3-8,13H,9-10H2,1-2H3. The van der Waals surface area contributed by atoms with Gasteiger partial charge in [-0.05, 0) is 37.6 Å². The zero-order valence-electron chi connectivity index (χ0n) is 14.1. The summed E-state index contributed by atoms with van der Waals surface area (Å²) >= 11 is 0. The molecule has 0 saturated carbocycles. The van der Waals surface area contributed by atoms with E-state index in [1.807, 2.05) is 6.92 Å². The number of hydrogen-bond donors (Lipinski definition) is 0. The predicted octanol–water partition coefficient (Wildman–Crippen LogP) is 3.17. The van der Waals surface area contributed by atoms with Crippen molar-refractivity contribution in [2.75, 3.05) is 13.1 Å². The molecule has 140 valence electrons. The van der Waals surface area contributed by atoms with Crippen molar-refractivity contribution >= 4 is 10.0 Å². The molecule has 0 N–H and O–H groups in total. The number of hydrogen-bond acceptors (Lipinski definition) is 4. The van der Waals surface area contributed by atoms with E-state index in [0.717, 1.165) is 11.6 Å². The van der Waals surface area contributed by atoms with Crippen LogP contribution >= 0.6 is 0 Å². The maximum atomic E-state index is 13.0. The van der Waals surface area contributed by atoms with Crippen molar-refractivity contribution in [3.05, 3.63) is 53.2 Å². The first kappa shape index (κ1) is 18.7. The molecule has 0 amide bonds. The van der Waals surface area contributed by atoms with Crippen LogP contribution in [0.4, 0.5) is 13.2 Å². The first-order valence-electron chi connectivity index (χ1n) is 7.85. The van der Waals surface area contributed by atoms with Crippen LogP contribution in [-0.2, 0) is 16.2 Å². The Hall–Kier alpha value is -2.13. The number of rotatable bonds is 4. The summed E-state index contributed by atoms with van der Waals surface area (Å²) in [5.74, 6) is -0.534. The molecule has 2 aromatic rings. The summed E-state index contributed by atoms with van der Waals surface area (Å²) in [6.45, 7) is 3.52. The zero-order valence-corrected chi connectivity index (χ0v) is 14.9. The molecule has 9 heteroatoms. The van der Waals surface area contributed by atoms with Crippen LogP contribution in [0, 0.1) is 13.8 Å². The van der Waals surface area contributed by atoms with Gasteiger partial charge < -0.3 is 4.74 Å². The Bertz CT molecular complexity index is 923. The number of ether oxygens (including phenoxy) is 1. The topological polar surface area (TPSA) is 59.5 Å². The first-order chi connectivity index (χ1) is 12.1. The zero-order chi connectivity index (χ0) is 19.1. The predicted molar refractivity (Wildman–Crippen MR) is 88.3 cm³/mol. The fraction of sp³-hybridized carbons (Fsp3) is 0.353. The number of halogens is 3. The van der Waals surface area contributed by atoms with Crippen LogP contribution in [0.5, 0.6) is 5.88 Å². The second kappa shape index (κ2) is 6.55. The van der Waals surface area contributed by atoms with Gasteiger partial charge in [0.05, 0.1) is 18.0 Å². The van der Waals surface area contributed by atoms with E-state index in [9.17, 15) is 21.6 Å². The van der Waals surface area contributed by atoms with Crippen molar-refractivity contribution in [1.29, 1.82) is 0 Å². The van der Waals surface area contributed by atoms with Gasteiger partial charge >= 0.3 is 6.18 Å². The van der Waals surface area contributed by atoms with E-state index in [1.165, 1.54) is 22.6 Å². The number of aromatic nitrogens is 1. The average Bonchev–Trinajstić information content (AvgIpc) is 2.49. The van der Waals surface area contributed by atoms with Crippen molar-refractivity contribution < 1.29 is 26.3 Å². The van der Waals surface area contributed by atoms with E-state index in [1.54, 1.807) is 19.1 Å². The van der Waals surface area contributed by atoms with Crippen LogP contribution in [-0.4, -0.2) is 36.9 Å². The molecule has 0 atom stereocenters. The maximum Gasteiger partial charge on any atom is 0.421 e. The first-order valence-corrected chi connectivity index (χ1v) is 9.29. The lowest BCUT2D eigenvalue weighted by Gasteiger charge is -2.38. The lowest BCUT2D eigenvalue weighted by atomic mass is 10.2. The van der Waals surface area contributed by atoms with Crippen LogP contribution < -0.4 is 4.74 Å². The second-order valence-corrected chi connectivity index (χ2v) is 8.09. The van der Waals surface area contributed by atoms with Crippen LogP contribution in [0.2, 0.25) is 0 Å². The molecule has 0 aliphatic carbocycles. The molecule has 1 aromatic carbocycles. The Balaban J connectivity index is 1.72. The molecular formula is C17H17F3N2O3S. The quantitative estimate of drug-likeness (QED) is 0.810. The summed E-state index contributed by atoms with van der Waals surface area (Å²) in [5.41, 5.74) is 0.593. The van der Waals surface area contributed by atoms with E-state index < -0.39 is 33.7 Å². The van der Waals surface area contributed by atoms with Gasteiger partial charge in [-0.1, -0.05) is 17.7 Å². The van der Waals surface area contributed by atoms with Crippen molar-refractivity contribution in [3.63, 3.8) is 0 Å². The molecule has 1 fully saturated rings. The molecular weight excluding hydrogens is 369 g/mol. The van der Waals surface area contributed by atoms with Crippen molar-refractivity contribution in [1.82, 2.24) is 9.29 Å². The number of benzene rings is 1. The minimum absolute atomic E-state index is 0.0243. The van der Waals surface area contributed by atoms with E-state index >= 15 is 0 Å². The van der Waals surface area contributed by atoms with Gasteiger partial charge in [0.2, 0.25) is 15.9 Å². The summed E-state index contributed by atoms with van der Waals surface area (Å²) in [6.07, 6.45) is -4.06. The molecule has 0 bridgehead atoms. The molecule has 1 aliphatic heterocycles. The molecule has 26 heavy (non-hydrogen) atoms. The molecule has 3 rings (SSSR count). The Morgan fingerprint density at radius 3 is 2.50 bits per heavy atom. The molecule has 1 saturated heterocycles. The number of alkyl halides is 3. The minimum Gasteiger partial charge on any atom is -0.471 e. The number of nitrogens with zero attached hydrogens (tertiary/aromatic N) is 2. The SMILES string of the molecule is Cc1ccc(S(=O)(=O)N2CC(Oc3ncccc3C(F)(F)F)C2)c(C)c1. The second-order valence-electron chi connectivity index (χ2n) is 6.18. The summed E-state index contributed by atoms with van der Waals surface area (Å²) < 4.78 is 70.6. The third-order valence-electron chi connectivity index (χ3n) is 4.12. The summed E-state index contributed by atoms with van der Waals surface area (Å²) in [4.78, 5) is 3.82. The van der Waals surface area contributed by atoms with Gasteiger partial charge in [-0.3, -0.25) is 0 Å². The number of pyridine rings is 1. The van der Waals surface area contributed by atoms with E-state index in [2.05, 4.69) is 4.98 Å². The monoisotopic (exact) mass is 386 g/mol. The highest BCUT2D eigenvalue weighted by molar-refractivity contribution is 7.89. The van der Waals surface area contributed by atoms with Gasteiger partial charge in [-0.15, -0.1) is 0 Å². The number of aryl methyl sites for hydroxylation is 2. The van der Waals surface area contributed by atoms with E-state index in [0.29, 0.717) is 5.56 Å². The fourth-order valence-electron chi connectivity index (χ4n) is 2.76. The Kier molecular flexibility index (Phi) is 4.70. The Morgan fingerprint density at radius 1 is 1.19 bits per heavy atom. The minimum atomic E-state index is -4.59. The fourth-order valence-corrected chi connectivity index (χ4v) is 4.47. The van der Waals surface area contributed by atoms with Crippen LogP contribution in [0.15, 0.2) is 41.4 Å². The summed E-state index contributed by atoms with van der Waals surface area (Å²) in [6, 6.07) is 7.06. The van der Waals surface area contributed by atoms with Crippen molar-refractivity contribution in [2.24, 2.45) is 0 Å². The molecule has 1 aromatic heterocycles. The van der Waals surface area contributed by atoms with Crippen LogP contribution in [0.3, 0.4) is 0 Å². The lowest BCUT2D eigenvalue weighted by Crippen LogP contribution is -2.56. The highest BCUT2D eigenvalue weighted by Crippen LogP contribution is 2.36.